The van der Waals surface area contributed by atoms with E-state index in [0.29, 0.717) is 17.2 Å². The standard InChI is InChI=1S/C19H22O6/c1-6-8-14(21)25-17-15-11(2)9-7-10-13(15)16(24-12(3)20)18(22-4)19(17)23-5/h7,9-10H,6,8H2,1-5H3. The van der Waals surface area contributed by atoms with Crippen molar-refractivity contribution < 1.29 is 28.5 Å². The van der Waals surface area contributed by atoms with Crippen molar-refractivity contribution in [2.45, 2.75) is 33.6 Å². The molecule has 2 aromatic rings. The topological polar surface area (TPSA) is 71.1 Å². The highest BCUT2D eigenvalue weighted by atomic mass is 16.6. The fourth-order valence-corrected chi connectivity index (χ4v) is 2.68. The summed E-state index contributed by atoms with van der Waals surface area (Å²) < 4.78 is 21.8. The van der Waals surface area contributed by atoms with Crippen LogP contribution in [0.4, 0.5) is 0 Å². The van der Waals surface area contributed by atoms with Gasteiger partial charge in [-0.1, -0.05) is 25.1 Å². The Morgan fingerprint density at radius 2 is 1.60 bits per heavy atom. The second-order valence-electron chi connectivity index (χ2n) is 5.54. The SMILES string of the molecule is CCCC(=O)Oc1c(OC)c(OC)c(OC(C)=O)c2cccc(C)c12. The third-order valence-electron chi connectivity index (χ3n) is 3.69. The van der Waals surface area contributed by atoms with Gasteiger partial charge < -0.3 is 18.9 Å². The molecule has 0 N–H and O–H groups in total. The van der Waals surface area contributed by atoms with E-state index in [-0.39, 0.29) is 35.4 Å². The van der Waals surface area contributed by atoms with Gasteiger partial charge >= 0.3 is 11.9 Å². The van der Waals surface area contributed by atoms with Gasteiger partial charge in [0.05, 0.1) is 14.2 Å². The van der Waals surface area contributed by atoms with Crippen molar-refractivity contribution in [3.8, 4) is 23.0 Å². The maximum atomic E-state index is 12.1. The molecule has 0 amide bonds. The summed E-state index contributed by atoms with van der Waals surface area (Å²) in [5.41, 5.74) is 0.853. The van der Waals surface area contributed by atoms with Gasteiger partial charge in [0.25, 0.3) is 0 Å². The van der Waals surface area contributed by atoms with E-state index in [1.54, 1.807) is 6.07 Å². The molecule has 0 radical (unpaired) electrons. The third-order valence-corrected chi connectivity index (χ3v) is 3.69. The van der Waals surface area contributed by atoms with Crippen LogP contribution < -0.4 is 18.9 Å². The lowest BCUT2D eigenvalue weighted by Gasteiger charge is -2.20. The van der Waals surface area contributed by atoms with E-state index in [9.17, 15) is 9.59 Å². The monoisotopic (exact) mass is 346 g/mol. The number of esters is 2. The van der Waals surface area contributed by atoms with Gasteiger partial charge in [0.15, 0.2) is 11.5 Å². The molecule has 0 aliphatic rings. The molecule has 2 rings (SSSR count). The molecular weight excluding hydrogens is 324 g/mol. The van der Waals surface area contributed by atoms with Gasteiger partial charge in [-0.3, -0.25) is 9.59 Å². The Kier molecular flexibility index (Phi) is 5.85. The highest BCUT2D eigenvalue weighted by Gasteiger charge is 2.26. The van der Waals surface area contributed by atoms with Gasteiger partial charge in [-0.2, -0.15) is 0 Å². The first-order valence-corrected chi connectivity index (χ1v) is 8.00. The summed E-state index contributed by atoms with van der Waals surface area (Å²) in [6, 6.07) is 5.48. The minimum atomic E-state index is -0.487. The maximum absolute atomic E-state index is 12.1. The summed E-state index contributed by atoms with van der Waals surface area (Å²) in [5, 5.41) is 1.24. The molecule has 6 heteroatoms. The molecule has 0 aliphatic carbocycles. The summed E-state index contributed by atoms with van der Waals surface area (Å²) in [5.74, 6) is 0.0641. The number of carbonyl (C=O) groups is 2. The maximum Gasteiger partial charge on any atom is 0.311 e. The molecule has 25 heavy (non-hydrogen) atoms. The molecule has 0 spiro atoms. The van der Waals surface area contributed by atoms with Crippen LogP contribution in [0.3, 0.4) is 0 Å². The van der Waals surface area contributed by atoms with Crippen LogP contribution in [-0.4, -0.2) is 26.2 Å². The average Bonchev–Trinajstić information content (AvgIpc) is 2.56. The Hall–Kier alpha value is -2.76. The van der Waals surface area contributed by atoms with E-state index in [0.717, 1.165) is 5.56 Å². The first-order chi connectivity index (χ1) is 11.9. The number of carbonyl (C=O) groups excluding carboxylic acids is 2. The summed E-state index contributed by atoms with van der Waals surface area (Å²) in [6.45, 7) is 5.08. The number of fused-ring (bicyclic) bond motifs is 1. The lowest BCUT2D eigenvalue weighted by Crippen LogP contribution is -2.11. The van der Waals surface area contributed by atoms with Crippen molar-refractivity contribution in [1.29, 1.82) is 0 Å². The summed E-state index contributed by atoms with van der Waals surface area (Å²) in [7, 11) is 2.88. The van der Waals surface area contributed by atoms with E-state index < -0.39 is 5.97 Å². The van der Waals surface area contributed by atoms with E-state index in [2.05, 4.69) is 0 Å². The zero-order chi connectivity index (χ0) is 18.6. The molecule has 0 unspecified atom stereocenters. The number of hydrogen-bond donors (Lipinski definition) is 0. The molecule has 0 saturated heterocycles. The molecule has 0 aliphatic heterocycles. The average molecular weight is 346 g/mol. The highest BCUT2D eigenvalue weighted by Crippen LogP contribution is 2.52. The molecule has 0 bridgehead atoms. The predicted molar refractivity (Wildman–Crippen MR) is 93.6 cm³/mol. The van der Waals surface area contributed by atoms with Crippen molar-refractivity contribution in [2.75, 3.05) is 14.2 Å². The second-order valence-corrected chi connectivity index (χ2v) is 5.54. The number of hydrogen-bond acceptors (Lipinski definition) is 6. The van der Waals surface area contributed by atoms with Gasteiger partial charge in [0.2, 0.25) is 11.5 Å². The molecule has 0 fully saturated rings. The van der Waals surface area contributed by atoms with Crippen LogP contribution in [0.2, 0.25) is 0 Å². The Balaban J connectivity index is 2.86. The zero-order valence-electron chi connectivity index (χ0n) is 15.1. The van der Waals surface area contributed by atoms with E-state index in [1.165, 1.54) is 21.1 Å². The van der Waals surface area contributed by atoms with E-state index in [4.69, 9.17) is 18.9 Å². The highest BCUT2D eigenvalue weighted by molar-refractivity contribution is 6.02. The number of benzene rings is 2. The van der Waals surface area contributed by atoms with Gasteiger partial charge in [-0.15, -0.1) is 0 Å². The first kappa shape index (κ1) is 18.6. The number of methoxy groups -OCH3 is 2. The van der Waals surface area contributed by atoms with Crippen molar-refractivity contribution in [2.24, 2.45) is 0 Å². The molecule has 0 atom stereocenters. The van der Waals surface area contributed by atoms with Crippen LogP contribution in [0.15, 0.2) is 18.2 Å². The van der Waals surface area contributed by atoms with E-state index >= 15 is 0 Å². The lowest BCUT2D eigenvalue weighted by atomic mass is 10.0. The smallest absolute Gasteiger partial charge is 0.311 e. The normalized spacial score (nSPS) is 10.4. The molecular formula is C19H22O6. The Labute approximate surface area is 146 Å². The van der Waals surface area contributed by atoms with Gasteiger partial charge in [0.1, 0.15) is 0 Å². The molecule has 0 saturated carbocycles. The first-order valence-electron chi connectivity index (χ1n) is 8.00. The lowest BCUT2D eigenvalue weighted by molar-refractivity contribution is -0.134. The zero-order valence-corrected chi connectivity index (χ0v) is 15.1. The van der Waals surface area contributed by atoms with Gasteiger partial charge in [-0.05, 0) is 18.9 Å². The number of rotatable bonds is 6. The molecule has 0 heterocycles. The van der Waals surface area contributed by atoms with Crippen LogP contribution in [0.25, 0.3) is 10.8 Å². The quantitative estimate of drug-likeness (QED) is 0.585. The summed E-state index contributed by atoms with van der Waals surface area (Å²) >= 11 is 0. The minimum Gasteiger partial charge on any atom is -0.490 e. The van der Waals surface area contributed by atoms with Crippen LogP contribution in [0.1, 0.15) is 32.3 Å². The van der Waals surface area contributed by atoms with Crippen LogP contribution in [-0.2, 0) is 9.59 Å². The van der Waals surface area contributed by atoms with Crippen molar-refractivity contribution >= 4 is 22.7 Å². The van der Waals surface area contributed by atoms with Crippen LogP contribution >= 0.6 is 0 Å². The van der Waals surface area contributed by atoms with Crippen LogP contribution in [0.5, 0.6) is 23.0 Å². The Morgan fingerprint density at radius 3 is 2.16 bits per heavy atom. The molecule has 0 aromatic heterocycles. The fourth-order valence-electron chi connectivity index (χ4n) is 2.68. The Bertz CT molecular complexity index is 809. The van der Waals surface area contributed by atoms with Crippen molar-refractivity contribution in [1.82, 2.24) is 0 Å². The van der Waals surface area contributed by atoms with Crippen molar-refractivity contribution in [3.63, 3.8) is 0 Å². The molecule has 134 valence electrons. The summed E-state index contributed by atoms with van der Waals surface area (Å²) in [4.78, 5) is 23.6. The molecule has 2 aromatic carbocycles. The predicted octanol–water partition coefficient (Wildman–Crippen LogP) is 3.80. The number of aryl methyl sites for hydroxylation is 1. The second kappa shape index (κ2) is 7.88. The van der Waals surface area contributed by atoms with Gasteiger partial charge in [-0.25, -0.2) is 0 Å². The minimum absolute atomic E-state index is 0.204. The summed E-state index contributed by atoms with van der Waals surface area (Å²) in [6.07, 6.45) is 0.950. The van der Waals surface area contributed by atoms with Crippen LogP contribution in [0, 0.1) is 6.92 Å². The fraction of sp³-hybridized carbons (Fsp3) is 0.368. The third kappa shape index (κ3) is 3.68. The van der Waals surface area contributed by atoms with Gasteiger partial charge in [0, 0.05) is 24.1 Å². The largest absolute Gasteiger partial charge is 0.490 e. The van der Waals surface area contributed by atoms with E-state index in [1.807, 2.05) is 26.0 Å². The molecule has 6 nitrogen and oxygen atoms in total. The van der Waals surface area contributed by atoms with Crippen molar-refractivity contribution in [3.05, 3.63) is 23.8 Å². The number of ether oxygens (including phenoxy) is 4. The Morgan fingerprint density at radius 1 is 0.960 bits per heavy atom.